The minimum Gasteiger partial charge on any atom is -0.457 e. The standard InChI is InChI=1S/C24H23ClF3N5O3/c1-14(2)13-30-33-22(34)21-12-18(9-10-29-21)36-17-6-3-15(4-7-17)31-23(35)32-16-5-8-20(25)19(11-16)24(26,27)28/h3-12,14,30H,13H2,1-2H3,(H,33,34)(H2,31,32,35). The third-order valence-electron chi connectivity index (χ3n) is 4.55. The fourth-order valence-electron chi connectivity index (χ4n) is 2.85. The van der Waals surface area contributed by atoms with E-state index < -0.39 is 28.7 Å². The van der Waals surface area contributed by atoms with Gasteiger partial charge in [0, 0.05) is 30.2 Å². The number of rotatable bonds is 8. The maximum atomic E-state index is 13.0. The van der Waals surface area contributed by atoms with Crippen LogP contribution in [0.4, 0.5) is 29.3 Å². The molecule has 36 heavy (non-hydrogen) atoms. The van der Waals surface area contributed by atoms with Crippen molar-refractivity contribution >= 4 is 34.9 Å². The molecule has 190 valence electrons. The van der Waals surface area contributed by atoms with Gasteiger partial charge in [-0.1, -0.05) is 25.4 Å². The number of hydrazine groups is 1. The molecule has 0 unspecified atom stereocenters. The van der Waals surface area contributed by atoms with Crippen LogP contribution in [0.5, 0.6) is 11.5 Å². The molecule has 1 aromatic heterocycles. The third-order valence-corrected chi connectivity index (χ3v) is 4.88. The van der Waals surface area contributed by atoms with Crippen molar-refractivity contribution in [2.45, 2.75) is 20.0 Å². The molecule has 0 aliphatic carbocycles. The van der Waals surface area contributed by atoms with E-state index in [1.807, 2.05) is 13.8 Å². The average molecular weight is 522 g/mol. The Labute approximate surface area is 210 Å². The Bertz CT molecular complexity index is 1220. The summed E-state index contributed by atoms with van der Waals surface area (Å²) in [5.41, 5.74) is 4.80. The van der Waals surface area contributed by atoms with Crippen LogP contribution in [0, 0.1) is 5.92 Å². The zero-order valence-corrected chi connectivity index (χ0v) is 20.0. The van der Waals surface area contributed by atoms with Gasteiger partial charge in [-0.3, -0.25) is 15.2 Å². The van der Waals surface area contributed by atoms with E-state index in [2.05, 4.69) is 26.5 Å². The van der Waals surface area contributed by atoms with Crippen molar-refractivity contribution in [2.24, 2.45) is 5.92 Å². The number of halogens is 4. The van der Waals surface area contributed by atoms with Crippen molar-refractivity contribution < 1.29 is 27.5 Å². The van der Waals surface area contributed by atoms with Gasteiger partial charge in [0.05, 0.1) is 10.6 Å². The number of anilines is 2. The number of carbonyl (C=O) groups excluding carboxylic acids is 2. The number of ether oxygens (including phenoxy) is 1. The van der Waals surface area contributed by atoms with Crippen LogP contribution in [-0.2, 0) is 6.18 Å². The van der Waals surface area contributed by atoms with Crippen molar-refractivity contribution in [2.75, 3.05) is 17.2 Å². The Hall–Kier alpha value is -3.83. The molecule has 3 amide bonds. The number of hydrogen-bond acceptors (Lipinski definition) is 5. The van der Waals surface area contributed by atoms with Gasteiger partial charge in [-0.25, -0.2) is 10.2 Å². The van der Waals surface area contributed by atoms with E-state index in [-0.39, 0.29) is 11.4 Å². The van der Waals surface area contributed by atoms with Gasteiger partial charge in [0.25, 0.3) is 5.91 Å². The number of urea groups is 1. The fraction of sp³-hybridized carbons (Fsp3) is 0.208. The Kier molecular flexibility index (Phi) is 8.73. The van der Waals surface area contributed by atoms with Gasteiger partial charge in [-0.2, -0.15) is 13.2 Å². The molecular weight excluding hydrogens is 499 g/mol. The summed E-state index contributed by atoms with van der Waals surface area (Å²) in [6.45, 7) is 4.62. The van der Waals surface area contributed by atoms with E-state index >= 15 is 0 Å². The van der Waals surface area contributed by atoms with Gasteiger partial charge in [0.2, 0.25) is 0 Å². The topological polar surface area (TPSA) is 104 Å². The van der Waals surface area contributed by atoms with Crippen molar-refractivity contribution in [1.29, 1.82) is 0 Å². The minimum atomic E-state index is -4.65. The number of nitrogens with one attached hydrogen (secondary N) is 4. The summed E-state index contributed by atoms with van der Waals surface area (Å²) in [7, 11) is 0. The molecule has 8 nitrogen and oxygen atoms in total. The fourth-order valence-corrected chi connectivity index (χ4v) is 3.08. The average Bonchev–Trinajstić information content (AvgIpc) is 2.81. The highest BCUT2D eigenvalue weighted by atomic mass is 35.5. The van der Waals surface area contributed by atoms with Crippen LogP contribution >= 0.6 is 11.6 Å². The first-order chi connectivity index (χ1) is 17.0. The monoisotopic (exact) mass is 521 g/mol. The van der Waals surface area contributed by atoms with E-state index in [0.717, 1.165) is 12.1 Å². The van der Waals surface area contributed by atoms with Crippen LogP contribution in [0.1, 0.15) is 29.9 Å². The number of pyridine rings is 1. The molecule has 2 aromatic carbocycles. The van der Waals surface area contributed by atoms with Crippen molar-refractivity contribution in [3.8, 4) is 11.5 Å². The van der Waals surface area contributed by atoms with Crippen molar-refractivity contribution in [3.05, 3.63) is 77.1 Å². The lowest BCUT2D eigenvalue weighted by Crippen LogP contribution is -2.39. The third kappa shape index (κ3) is 7.85. The molecule has 0 fully saturated rings. The first kappa shape index (κ1) is 26.8. The maximum Gasteiger partial charge on any atom is 0.417 e. The van der Waals surface area contributed by atoms with Crippen LogP contribution in [0.15, 0.2) is 60.8 Å². The smallest absolute Gasteiger partial charge is 0.417 e. The van der Waals surface area contributed by atoms with E-state index in [9.17, 15) is 22.8 Å². The molecule has 0 spiro atoms. The van der Waals surface area contributed by atoms with Gasteiger partial charge in [-0.05, 0) is 54.4 Å². The number of hydrogen-bond donors (Lipinski definition) is 4. The molecule has 0 saturated heterocycles. The number of alkyl halides is 3. The van der Waals surface area contributed by atoms with Crippen LogP contribution < -0.4 is 26.2 Å². The van der Waals surface area contributed by atoms with E-state index in [4.69, 9.17) is 16.3 Å². The molecule has 0 atom stereocenters. The molecule has 3 aromatic rings. The lowest BCUT2D eigenvalue weighted by Gasteiger charge is -2.13. The van der Waals surface area contributed by atoms with Crippen LogP contribution in [0.2, 0.25) is 5.02 Å². The summed E-state index contributed by atoms with van der Waals surface area (Å²) in [6, 6.07) is 11.6. The van der Waals surface area contributed by atoms with E-state index in [0.29, 0.717) is 29.6 Å². The second kappa shape index (κ2) is 11.7. The summed E-state index contributed by atoms with van der Waals surface area (Å²) in [5.74, 6) is 0.746. The van der Waals surface area contributed by atoms with E-state index in [1.54, 1.807) is 30.3 Å². The molecule has 3 rings (SSSR count). The molecule has 4 N–H and O–H groups in total. The molecular formula is C24H23ClF3N5O3. The van der Waals surface area contributed by atoms with Gasteiger partial charge < -0.3 is 15.4 Å². The van der Waals surface area contributed by atoms with Crippen LogP contribution in [-0.4, -0.2) is 23.5 Å². The zero-order chi connectivity index (χ0) is 26.3. The Morgan fingerprint density at radius 3 is 2.31 bits per heavy atom. The highest BCUT2D eigenvalue weighted by molar-refractivity contribution is 6.31. The minimum absolute atomic E-state index is 0.0684. The first-order valence-corrected chi connectivity index (χ1v) is 11.1. The molecule has 1 heterocycles. The van der Waals surface area contributed by atoms with Gasteiger partial charge in [0.1, 0.15) is 17.2 Å². The summed E-state index contributed by atoms with van der Waals surface area (Å²) in [4.78, 5) is 28.4. The second-order valence-electron chi connectivity index (χ2n) is 8.00. The summed E-state index contributed by atoms with van der Waals surface area (Å²) >= 11 is 5.59. The first-order valence-electron chi connectivity index (χ1n) is 10.7. The van der Waals surface area contributed by atoms with Gasteiger partial charge in [0.15, 0.2) is 0 Å². The van der Waals surface area contributed by atoms with Crippen LogP contribution in [0.25, 0.3) is 0 Å². The number of benzene rings is 2. The lowest BCUT2D eigenvalue weighted by molar-refractivity contribution is -0.137. The molecule has 0 bridgehead atoms. The van der Waals surface area contributed by atoms with Crippen LogP contribution in [0.3, 0.4) is 0 Å². The second-order valence-corrected chi connectivity index (χ2v) is 8.41. The maximum absolute atomic E-state index is 13.0. The highest BCUT2D eigenvalue weighted by Crippen LogP contribution is 2.36. The van der Waals surface area contributed by atoms with Crippen molar-refractivity contribution in [3.63, 3.8) is 0 Å². The molecule has 0 aliphatic rings. The molecule has 0 aliphatic heterocycles. The quantitative estimate of drug-likeness (QED) is 0.269. The number of carbonyl (C=O) groups is 2. The predicted molar refractivity (Wildman–Crippen MR) is 130 cm³/mol. The summed E-state index contributed by atoms with van der Waals surface area (Å²) < 4.78 is 44.7. The van der Waals surface area contributed by atoms with E-state index in [1.165, 1.54) is 18.3 Å². The molecule has 0 radical (unpaired) electrons. The highest BCUT2D eigenvalue weighted by Gasteiger charge is 2.33. The molecule has 0 saturated carbocycles. The number of nitrogens with zero attached hydrogens (tertiary/aromatic N) is 1. The lowest BCUT2D eigenvalue weighted by atomic mass is 10.2. The van der Waals surface area contributed by atoms with Gasteiger partial charge >= 0.3 is 12.2 Å². The zero-order valence-electron chi connectivity index (χ0n) is 19.2. The summed E-state index contributed by atoms with van der Waals surface area (Å²) in [5, 5.41) is 4.38. The van der Waals surface area contributed by atoms with Gasteiger partial charge in [-0.15, -0.1) is 0 Å². The van der Waals surface area contributed by atoms with Crippen molar-refractivity contribution in [1.82, 2.24) is 15.8 Å². The number of amides is 3. The number of aromatic nitrogens is 1. The summed E-state index contributed by atoms with van der Waals surface area (Å²) in [6.07, 6.45) is -3.21. The molecule has 12 heteroatoms. The Balaban J connectivity index is 1.57. The normalized spacial score (nSPS) is 11.2. The Morgan fingerprint density at radius 1 is 0.972 bits per heavy atom. The SMILES string of the molecule is CC(C)CNNC(=O)c1cc(Oc2ccc(NC(=O)Nc3ccc(Cl)c(C(F)(F)F)c3)cc2)ccn1. The predicted octanol–water partition coefficient (Wildman–Crippen LogP) is 6.08. The largest absolute Gasteiger partial charge is 0.457 e. The Morgan fingerprint density at radius 2 is 1.64 bits per heavy atom.